The molecule has 0 spiro atoms. The van der Waals surface area contributed by atoms with Gasteiger partial charge in [0.2, 0.25) is 15.9 Å². The highest BCUT2D eigenvalue weighted by atomic mass is 32.2. The third-order valence-corrected chi connectivity index (χ3v) is 5.66. The van der Waals surface area contributed by atoms with Gasteiger partial charge < -0.3 is 5.32 Å². The number of hydrogen-bond acceptors (Lipinski definition) is 6. The fourth-order valence-corrected chi connectivity index (χ4v) is 3.95. The van der Waals surface area contributed by atoms with Crippen molar-refractivity contribution in [3.63, 3.8) is 0 Å². The van der Waals surface area contributed by atoms with Crippen LogP contribution in [0.15, 0.2) is 29.2 Å². The minimum atomic E-state index is -3.72. The molecule has 24 heavy (non-hydrogen) atoms. The molecule has 1 aliphatic rings. The maximum absolute atomic E-state index is 12.5. The SMILES string of the molecule is N#CCC(=O)NC1CCN(S(=O)(=O)c2ccc([N+](=O)[O-])cc2)CC1. The lowest BCUT2D eigenvalue weighted by Crippen LogP contribution is -2.46. The summed E-state index contributed by atoms with van der Waals surface area (Å²) in [7, 11) is -3.72. The highest BCUT2D eigenvalue weighted by Gasteiger charge is 2.30. The Balaban J connectivity index is 2.01. The van der Waals surface area contributed by atoms with Gasteiger partial charge in [-0.3, -0.25) is 14.9 Å². The van der Waals surface area contributed by atoms with E-state index in [9.17, 15) is 23.3 Å². The molecule has 0 unspecified atom stereocenters. The molecule has 2 rings (SSSR count). The molecule has 9 nitrogen and oxygen atoms in total. The van der Waals surface area contributed by atoms with Crippen LogP contribution >= 0.6 is 0 Å². The summed E-state index contributed by atoms with van der Waals surface area (Å²) in [6, 6.07) is 6.34. The largest absolute Gasteiger partial charge is 0.352 e. The topological polar surface area (TPSA) is 133 Å². The first-order chi connectivity index (χ1) is 11.3. The Morgan fingerprint density at radius 1 is 1.33 bits per heavy atom. The van der Waals surface area contributed by atoms with Crippen LogP contribution in [0, 0.1) is 21.4 Å². The number of hydrogen-bond donors (Lipinski definition) is 1. The van der Waals surface area contributed by atoms with E-state index in [4.69, 9.17) is 5.26 Å². The first-order valence-electron chi connectivity index (χ1n) is 7.25. The van der Waals surface area contributed by atoms with Crippen molar-refractivity contribution < 1.29 is 18.1 Å². The molecule has 0 bridgehead atoms. The maximum Gasteiger partial charge on any atom is 0.269 e. The van der Waals surface area contributed by atoms with Gasteiger partial charge in [0, 0.05) is 31.3 Å². The van der Waals surface area contributed by atoms with Crippen molar-refractivity contribution in [2.45, 2.75) is 30.2 Å². The molecule has 0 radical (unpaired) electrons. The molecule has 0 saturated carbocycles. The third kappa shape index (κ3) is 4.06. The normalized spacial score (nSPS) is 16.3. The zero-order valence-electron chi connectivity index (χ0n) is 12.7. The van der Waals surface area contributed by atoms with Gasteiger partial charge in [0.25, 0.3) is 5.69 Å². The molecule has 10 heteroatoms. The van der Waals surface area contributed by atoms with Crippen molar-refractivity contribution >= 4 is 21.6 Å². The van der Waals surface area contributed by atoms with Gasteiger partial charge in [-0.25, -0.2) is 8.42 Å². The highest BCUT2D eigenvalue weighted by molar-refractivity contribution is 7.89. The van der Waals surface area contributed by atoms with Crippen molar-refractivity contribution in [1.29, 1.82) is 5.26 Å². The minimum Gasteiger partial charge on any atom is -0.352 e. The fourth-order valence-electron chi connectivity index (χ4n) is 2.48. The lowest BCUT2D eigenvalue weighted by molar-refractivity contribution is -0.384. The maximum atomic E-state index is 12.5. The van der Waals surface area contributed by atoms with Crippen molar-refractivity contribution in [1.82, 2.24) is 9.62 Å². The Hall–Kier alpha value is -2.51. The van der Waals surface area contributed by atoms with E-state index in [-0.39, 0.29) is 42.0 Å². The van der Waals surface area contributed by atoms with E-state index < -0.39 is 14.9 Å². The summed E-state index contributed by atoms with van der Waals surface area (Å²) in [6.45, 7) is 0.466. The van der Waals surface area contributed by atoms with Crippen molar-refractivity contribution in [2.24, 2.45) is 0 Å². The lowest BCUT2D eigenvalue weighted by Gasteiger charge is -2.31. The zero-order chi connectivity index (χ0) is 17.7. The second-order valence-electron chi connectivity index (χ2n) is 5.33. The second kappa shape index (κ2) is 7.37. The molecule has 128 valence electrons. The number of nitrogens with zero attached hydrogens (tertiary/aromatic N) is 3. The Morgan fingerprint density at radius 3 is 2.42 bits per heavy atom. The number of piperidine rings is 1. The van der Waals surface area contributed by atoms with Crippen LogP contribution in [0.25, 0.3) is 0 Å². The van der Waals surface area contributed by atoms with E-state index >= 15 is 0 Å². The van der Waals surface area contributed by atoms with Gasteiger partial charge >= 0.3 is 0 Å². The van der Waals surface area contributed by atoms with Gasteiger partial charge in [-0.05, 0) is 25.0 Å². The van der Waals surface area contributed by atoms with Crippen molar-refractivity contribution in [3.8, 4) is 6.07 Å². The molecular formula is C14H16N4O5S. The summed E-state index contributed by atoms with van der Waals surface area (Å²) < 4.78 is 26.3. The number of carbonyl (C=O) groups is 1. The van der Waals surface area contributed by atoms with E-state index in [1.165, 1.54) is 16.4 Å². The summed E-state index contributed by atoms with van der Waals surface area (Å²) in [5.74, 6) is -0.367. The van der Waals surface area contributed by atoms with E-state index in [2.05, 4.69) is 5.32 Å². The van der Waals surface area contributed by atoms with E-state index in [0.29, 0.717) is 12.8 Å². The number of nitrogens with one attached hydrogen (secondary N) is 1. The number of nitro groups is 1. The Labute approximate surface area is 139 Å². The van der Waals surface area contributed by atoms with Crippen LogP contribution in [0.5, 0.6) is 0 Å². The number of nitro benzene ring substituents is 1. The van der Waals surface area contributed by atoms with Crippen LogP contribution in [0.2, 0.25) is 0 Å². The summed E-state index contributed by atoms with van der Waals surface area (Å²) in [4.78, 5) is 21.4. The number of benzene rings is 1. The molecule has 1 aromatic carbocycles. The number of amides is 1. The Morgan fingerprint density at radius 2 is 1.92 bits per heavy atom. The predicted octanol–water partition coefficient (Wildman–Crippen LogP) is 0.778. The van der Waals surface area contributed by atoms with Crippen LogP contribution in [-0.4, -0.2) is 42.7 Å². The molecular weight excluding hydrogens is 336 g/mol. The van der Waals surface area contributed by atoms with Gasteiger partial charge in [0.05, 0.1) is 15.9 Å². The fraction of sp³-hybridized carbons (Fsp3) is 0.429. The molecule has 1 saturated heterocycles. The first kappa shape index (κ1) is 17.8. The molecule has 0 aromatic heterocycles. The van der Waals surface area contributed by atoms with Crippen molar-refractivity contribution in [2.75, 3.05) is 13.1 Å². The number of nitriles is 1. The van der Waals surface area contributed by atoms with Crippen LogP contribution in [0.4, 0.5) is 5.69 Å². The lowest BCUT2D eigenvalue weighted by atomic mass is 10.1. The Kier molecular flexibility index (Phi) is 5.48. The number of carbonyl (C=O) groups excluding carboxylic acids is 1. The second-order valence-corrected chi connectivity index (χ2v) is 7.27. The predicted molar refractivity (Wildman–Crippen MR) is 83.2 cm³/mol. The van der Waals surface area contributed by atoms with E-state index in [1.807, 2.05) is 0 Å². The number of rotatable bonds is 5. The standard InChI is InChI=1S/C14H16N4O5S/c15-8-5-14(19)16-11-6-9-17(10-7-11)24(22,23)13-3-1-12(2-4-13)18(20)21/h1-4,11H,5-7,9-10H2,(H,16,19). The summed E-state index contributed by atoms with van der Waals surface area (Å²) in [6.07, 6.45) is 0.675. The smallest absolute Gasteiger partial charge is 0.269 e. The molecule has 0 aliphatic carbocycles. The van der Waals surface area contributed by atoms with Gasteiger partial charge in [0.1, 0.15) is 6.42 Å². The van der Waals surface area contributed by atoms with E-state index in [1.54, 1.807) is 6.07 Å². The highest BCUT2D eigenvalue weighted by Crippen LogP contribution is 2.22. The van der Waals surface area contributed by atoms with Crippen LogP contribution in [0.3, 0.4) is 0 Å². The van der Waals surface area contributed by atoms with Gasteiger partial charge in [-0.2, -0.15) is 9.57 Å². The molecule has 1 N–H and O–H groups in total. The summed E-state index contributed by atoms with van der Waals surface area (Å²) >= 11 is 0. The molecule has 0 atom stereocenters. The van der Waals surface area contributed by atoms with Gasteiger partial charge in [-0.15, -0.1) is 0 Å². The molecule has 1 fully saturated rings. The summed E-state index contributed by atoms with van der Waals surface area (Å²) in [5, 5.41) is 21.8. The zero-order valence-corrected chi connectivity index (χ0v) is 13.5. The molecule has 1 aliphatic heterocycles. The van der Waals surface area contributed by atoms with Crippen LogP contribution in [-0.2, 0) is 14.8 Å². The number of non-ortho nitro benzene ring substituents is 1. The minimum absolute atomic E-state index is 0.0000612. The molecule has 1 amide bonds. The quantitative estimate of drug-likeness (QED) is 0.615. The molecule has 1 heterocycles. The van der Waals surface area contributed by atoms with Crippen LogP contribution < -0.4 is 5.32 Å². The Bertz CT molecular complexity index is 761. The first-order valence-corrected chi connectivity index (χ1v) is 8.69. The number of sulfonamides is 1. The van der Waals surface area contributed by atoms with Gasteiger partial charge in [0.15, 0.2) is 0 Å². The monoisotopic (exact) mass is 352 g/mol. The van der Waals surface area contributed by atoms with E-state index in [0.717, 1.165) is 12.1 Å². The van der Waals surface area contributed by atoms with Crippen LogP contribution in [0.1, 0.15) is 19.3 Å². The third-order valence-electron chi connectivity index (χ3n) is 3.74. The summed E-state index contributed by atoms with van der Waals surface area (Å²) in [5.41, 5.74) is -0.173. The van der Waals surface area contributed by atoms with Crippen molar-refractivity contribution in [3.05, 3.63) is 34.4 Å². The average Bonchev–Trinajstić information content (AvgIpc) is 2.55. The average molecular weight is 352 g/mol. The molecule has 1 aromatic rings. The van der Waals surface area contributed by atoms with Gasteiger partial charge in [-0.1, -0.05) is 0 Å².